The first-order valence-corrected chi connectivity index (χ1v) is 8.06. The highest BCUT2D eigenvalue weighted by Gasteiger charge is 2.40. The summed E-state index contributed by atoms with van der Waals surface area (Å²) in [7, 11) is 0. The first-order chi connectivity index (χ1) is 10.1. The molecule has 1 aliphatic rings. The normalized spacial score (nSPS) is 21.4. The summed E-state index contributed by atoms with van der Waals surface area (Å²) >= 11 is 8.97. The summed E-state index contributed by atoms with van der Waals surface area (Å²) in [5.41, 5.74) is 5.36. The van der Waals surface area contributed by atoms with Gasteiger partial charge in [-0.25, -0.2) is 5.01 Å². The van der Waals surface area contributed by atoms with Gasteiger partial charge in [-0.1, -0.05) is 53.2 Å². The Morgan fingerprint density at radius 2 is 1.76 bits per heavy atom. The van der Waals surface area contributed by atoms with Crippen LogP contribution in [0.25, 0.3) is 0 Å². The van der Waals surface area contributed by atoms with Crippen LogP contribution >= 0.6 is 28.1 Å². The van der Waals surface area contributed by atoms with Crippen molar-refractivity contribution >= 4 is 38.9 Å². The average Bonchev–Trinajstić information content (AvgIpc) is 2.87. The van der Waals surface area contributed by atoms with Crippen LogP contribution in [0.3, 0.4) is 0 Å². The number of thiocarbonyl (C=S) groups is 1. The maximum Gasteiger partial charge on any atom is 0.190 e. The molecule has 0 aliphatic carbocycles. The predicted octanol–water partition coefficient (Wildman–Crippen LogP) is 3.91. The van der Waals surface area contributed by atoms with Crippen molar-refractivity contribution in [1.29, 1.82) is 0 Å². The highest BCUT2D eigenvalue weighted by molar-refractivity contribution is 9.10. The van der Waals surface area contributed by atoms with E-state index in [1.807, 2.05) is 47.5 Å². The lowest BCUT2D eigenvalue weighted by molar-refractivity contribution is 0.337. The Kier molecular flexibility index (Phi) is 3.97. The zero-order chi connectivity index (χ0) is 14.9. The van der Waals surface area contributed by atoms with Gasteiger partial charge in [0.15, 0.2) is 5.11 Å². The second-order valence-corrected chi connectivity index (χ2v) is 6.28. The van der Waals surface area contributed by atoms with Crippen LogP contribution in [0.4, 0.5) is 5.69 Å². The van der Waals surface area contributed by atoms with Crippen LogP contribution in [0.15, 0.2) is 59.1 Å². The number of nitrogens with one attached hydrogen (secondary N) is 2. The fourth-order valence-electron chi connectivity index (χ4n) is 2.51. The number of anilines is 1. The average molecular weight is 362 g/mol. The Hall–Kier alpha value is -1.43. The molecule has 1 heterocycles. The molecular formula is C16H16BrN3S. The van der Waals surface area contributed by atoms with Gasteiger partial charge in [-0.05, 0) is 48.5 Å². The van der Waals surface area contributed by atoms with E-state index in [-0.39, 0.29) is 5.66 Å². The molecule has 0 saturated carbocycles. The Labute approximate surface area is 138 Å². The first kappa shape index (κ1) is 14.5. The van der Waals surface area contributed by atoms with Crippen LogP contribution in [-0.4, -0.2) is 5.11 Å². The molecule has 2 aromatic carbocycles. The predicted molar refractivity (Wildman–Crippen MR) is 93.9 cm³/mol. The van der Waals surface area contributed by atoms with Crippen LogP contribution in [0.5, 0.6) is 0 Å². The van der Waals surface area contributed by atoms with E-state index < -0.39 is 0 Å². The van der Waals surface area contributed by atoms with Crippen LogP contribution in [0.2, 0.25) is 0 Å². The van der Waals surface area contributed by atoms with Crippen LogP contribution in [-0.2, 0) is 5.66 Å². The van der Waals surface area contributed by atoms with Crippen molar-refractivity contribution < 1.29 is 0 Å². The van der Waals surface area contributed by atoms with E-state index in [0.717, 1.165) is 16.6 Å². The van der Waals surface area contributed by atoms with E-state index in [9.17, 15) is 0 Å². The molecule has 0 aromatic heterocycles. The highest BCUT2D eigenvalue weighted by Crippen LogP contribution is 2.29. The van der Waals surface area contributed by atoms with Gasteiger partial charge in [0.25, 0.3) is 0 Å². The number of hydrogen-bond donors (Lipinski definition) is 2. The number of hydrazine groups is 1. The standard InChI is InChI=1S/C16H16BrN3S/c1-2-16(12-6-4-3-5-7-12)18-15(21)20(19-16)14-10-8-13(17)9-11-14/h3-11,19H,2H2,1H3,(H,18,21). The van der Waals surface area contributed by atoms with E-state index in [4.69, 9.17) is 12.2 Å². The fraction of sp³-hybridized carbons (Fsp3) is 0.188. The van der Waals surface area contributed by atoms with E-state index >= 15 is 0 Å². The molecule has 0 spiro atoms. The molecular weight excluding hydrogens is 346 g/mol. The summed E-state index contributed by atoms with van der Waals surface area (Å²) < 4.78 is 1.05. The summed E-state index contributed by atoms with van der Waals surface area (Å²) in [4.78, 5) is 0. The molecule has 1 fully saturated rings. The van der Waals surface area contributed by atoms with Crippen molar-refractivity contribution in [3.05, 3.63) is 64.6 Å². The van der Waals surface area contributed by atoms with Crippen molar-refractivity contribution in [3.8, 4) is 0 Å². The van der Waals surface area contributed by atoms with Crippen LogP contribution < -0.4 is 15.8 Å². The molecule has 3 nitrogen and oxygen atoms in total. The van der Waals surface area contributed by atoms with Gasteiger partial charge in [0.05, 0.1) is 5.69 Å². The molecule has 21 heavy (non-hydrogen) atoms. The topological polar surface area (TPSA) is 27.3 Å². The number of rotatable bonds is 3. The van der Waals surface area contributed by atoms with Crippen LogP contribution in [0, 0.1) is 0 Å². The van der Waals surface area contributed by atoms with Gasteiger partial charge in [0.2, 0.25) is 0 Å². The number of hydrogen-bond acceptors (Lipinski definition) is 2. The number of nitrogens with zero attached hydrogens (tertiary/aromatic N) is 1. The van der Waals surface area contributed by atoms with Gasteiger partial charge in [0, 0.05) is 4.47 Å². The lowest BCUT2D eigenvalue weighted by atomic mass is 9.98. The molecule has 108 valence electrons. The van der Waals surface area contributed by atoms with Crippen molar-refractivity contribution in [2.24, 2.45) is 0 Å². The maximum absolute atomic E-state index is 5.51. The van der Waals surface area contributed by atoms with Crippen molar-refractivity contribution in [1.82, 2.24) is 10.7 Å². The fourth-order valence-corrected chi connectivity index (χ4v) is 3.10. The molecule has 5 heteroatoms. The first-order valence-electron chi connectivity index (χ1n) is 6.86. The third kappa shape index (κ3) is 2.69. The number of benzene rings is 2. The minimum atomic E-state index is -0.356. The summed E-state index contributed by atoms with van der Waals surface area (Å²) in [6.45, 7) is 2.14. The van der Waals surface area contributed by atoms with Crippen LogP contribution in [0.1, 0.15) is 18.9 Å². The van der Waals surface area contributed by atoms with E-state index in [0.29, 0.717) is 5.11 Å². The van der Waals surface area contributed by atoms with E-state index in [1.54, 1.807) is 0 Å². The quantitative estimate of drug-likeness (QED) is 0.810. The number of halogens is 1. The zero-order valence-electron chi connectivity index (χ0n) is 11.6. The monoisotopic (exact) mass is 361 g/mol. The minimum absolute atomic E-state index is 0.356. The second-order valence-electron chi connectivity index (χ2n) is 4.98. The highest BCUT2D eigenvalue weighted by atomic mass is 79.9. The molecule has 1 atom stereocenters. The summed E-state index contributed by atoms with van der Waals surface area (Å²) in [5, 5.41) is 6.04. The smallest absolute Gasteiger partial charge is 0.190 e. The Morgan fingerprint density at radius 1 is 1.10 bits per heavy atom. The van der Waals surface area contributed by atoms with Gasteiger partial charge >= 0.3 is 0 Å². The van der Waals surface area contributed by atoms with Gasteiger partial charge in [-0.2, -0.15) is 5.43 Å². The van der Waals surface area contributed by atoms with E-state index in [1.165, 1.54) is 5.56 Å². The van der Waals surface area contributed by atoms with E-state index in [2.05, 4.69) is 45.7 Å². The van der Waals surface area contributed by atoms with Gasteiger partial charge in [-0.15, -0.1) is 0 Å². The Morgan fingerprint density at radius 3 is 2.38 bits per heavy atom. The zero-order valence-corrected chi connectivity index (χ0v) is 14.0. The molecule has 3 rings (SSSR count). The lowest BCUT2D eigenvalue weighted by Gasteiger charge is -2.29. The second kappa shape index (κ2) is 5.75. The summed E-state index contributed by atoms with van der Waals surface area (Å²) in [5.74, 6) is 0. The molecule has 2 aromatic rings. The van der Waals surface area contributed by atoms with Gasteiger partial charge in [0.1, 0.15) is 5.66 Å². The molecule has 0 bridgehead atoms. The largest absolute Gasteiger partial charge is 0.338 e. The van der Waals surface area contributed by atoms with Crippen molar-refractivity contribution in [3.63, 3.8) is 0 Å². The molecule has 0 amide bonds. The van der Waals surface area contributed by atoms with Gasteiger partial charge in [-0.3, -0.25) is 0 Å². The SMILES string of the molecule is CCC1(c2ccccc2)NC(=S)N(c2ccc(Br)cc2)N1. The Bertz CT molecular complexity index is 644. The molecule has 2 N–H and O–H groups in total. The van der Waals surface area contributed by atoms with Crippen molar-refractivity contribution in [2.75, 3.05) is 5.01 Å². The molecule has 1 saturated heterocycles. The van der Waals surface area contributed by atoms with Gasteiger partial charge < -0.3 is 5.32 Å². The minimum Gasteiger partial charge on any atom is -0.338 e. The molecule has 1 aliphatic heterocycles. The Balaban J connectivity index is 1.94. The lowest BCUT2D eigenvalue weighted by Crippen LogP contribution is -2.47. The van der Waals surface area contributed by atoms with Crippen molar-refractivity contribution in [2.45, 2.75) is 19.0 Å². The maximum atomic E-state index is 5.51. The third-order valence-electron chi connectivity index (χ3n) is 3.71. The molecule has 0 radical (unpaired) electrons. The summed E-state index contributed by atoms with van der Waals surface area (Å²) in [6.07, 6.45) is 0.879. The summed E-state index contributed by atoms with van der Waals surface area (Å²) in [6, 6.07) is 18.4. The third-order valence-corrected chi connectivity index (χ3v) is 4.52. The molecule has 1 unspecified atom stereocenters.